The second-order valence-corrected chi connectivity index (χ2v) is 13.1. The smallest absolute Gasteiger partial charge is 0.190 e. The van der Waals surface area contributed by atoms with Gasteiger partial charge in [0, 0.05) is 11.3 Å². The van der Waals surface area contributed by atoms with Gasteiger partial charge in [-0.25, -0.2) is 0 Å². The summed E-state index contributed by atoms with van der Waals surface area (Å²) in [7, 11) is 0. The molecule has 0 heterocycles. The van der Waals surface area contributed by atoms with E-state index in [2.05, 4.69) is 0 Å². The van der Waals surface area contributed by atoms with Crippen molar-refractivity contribution in [3.05, 3.63) is 64.2 Å². The minimum absolute atomic E-state index is 0.00180. The number of hydrogen-bond donors (Lipinski definition) is 2. The van der Waals surface area contributed by atoms with Crippen LogP contribution in [0.4, 0.5) is 0 Å². The van der Waals surface area contributed by atoms with Gasteiger partial charge in [-0.3, -0.25) is 24.0 Å². The van der Waals surface area contributed by atoms with Gasteiger partial charge in [0.25, 0.3) is 0 Å². The first kappa shape index (κ1) is 28.8. The highest BCUT2D eigenvalue weighted by atomic mass is 16.3. The summed E-state index contributed by atoms with van der Waals surface area (Å²) in [6.07, 6.45) is 4.01. The third-order valence-corrected chi connectivity index (χ3v) is 9.83. The summed E-state index contributed by atoms with van der Waals surface area (Å²) >= 11 is 0. The quantitative estimate of drug-likeness (QED) is 0.417. The Kier molecular flexibility index (Phi) is 6.61. The van der Waals surface area contributed by atoms with E-state index in [9.17, 15) is 34.2 Å². The van der Waals surface area contributed by atoms with Crippen molar-refractivity contribution < 1.29 is 34.2 Å². The molecule has 5 rings (SSSR count). The molecule has 2 aromatic carbocycles. The van der Waals surface area contributed by atoms with Crippen LogP contribution in [-0.2, 0) is 25.6 Å². The molecule has 7 nitrogen and oxygen atoms in total. The molecule has 3 aliphatic rings. The molecule has 2 aromatic rings. The maximum atomic E-state index is 14.3. The van der Waals surface area contributed by atoms with Crippen LogP contribution in [0.1, 0.15) is 73.7 Å². The lowest BCUT2D eigenvalue weighted by molar-refractivity contribution is -0.205. The number of aliphatic hydroxyl groups is 1. The molecule has 0 bridgehead atoms. The number of Topliss-reactive ketones (excluding diaryl/α,β-unsaturated/α-hetero) is 5. The molecule has 6 atom stereocenters. The highest BCUT2D eigenvalue weighted by molar-refractivity contribution is 6.32. The Balaban J connectivity index is 1.67. The second-order valence-electron chi connectivity index (χ2n) is 13.1. The summed E-state index contributed by atoms with van der Waals surface area (Å²) in [5, 5.41) is 22.9. The predicted octanol–water partition coefficient (Wildman–Crippen LogP) is 4.57. The van der Waals surface area contributed by atoms with E-state index in [-0.39, 0.29) is 30.1 Å². The summed E-state index contributed by atoms with van der Waals surface area (Å²) in [5.74, 6) is -8.90. The van der Waals surface area contributed by atoms with Crippen LogP contribution in [0, 0.1) is 41.4 Å². The van der Waals surface area contributed by atoms with Gasteiger partial charge >= 0.3 is 0 Å². The van der Waals surface area contributed by atoms with Crippen molar-refractivity contribution in [2.45, 2.75) is 60.0 Å². The fourth-order valence-electron chi connectivity index (χ4n) is 8.18. The first-order valence-electron chi connectivity index (χ1n) is 14.1. The van der Waals surface area contributed by atoms with Crippen molar-refractivity contribution in [3.8, 4) is 5.75 Å². The Morgan fingerprint density at radius 2 is 1.61 bits per heavy atom. The molecule has 0 aliphatic heterocycles. The van der Waals surface area contributed by atoms with Gasteiger partial charge in [-0.1, -0.05) is 75.7 Å². The molecule has 0 amide bonds. The molecule has 214 valence electrons. The molecule has 41 heavy (non-hydrogen) atoms. The number of carbonyl (C=O) groups is 5. The maximum absolute atomic E-state index is 14.3. The fourth-order valence-corrected chi connectivity index (χ4v) is 8.18. The van der Waals surface area contributed by atoms with Crippen LogP contribution < -0.4 is 0 Å². The van der Waals surface area contributed by atoms with Gasteiger partial charge in [-0.15, -0.1) is 0 Å². The zero-order valence-corrected chi connectivity index (χ0v) is 24.3. The summed E-state index contributed by atoms with van der Waals surface area (Å²) < 4.78 is 0. The van der Waals surface area contributed by atoms with Crippen LogP contribution in [0.15, 0.2) is 36.4 Å². The van der Waals surface area contributed by atoms with Gasteiger partial charge in [0.1, 0.15) is 17.5 Å². The highest BCUT2D eigenvalue weighted by Crippen LogP contribution is 2.63. The normalized spacial score (nSPS) is 33.1. The topological polar surface area (TPSA) is 126 Å². The molecule has 0 saturated heterocycles. The summed E-state index contributed by atoms with van der Waals surface area (Å²) in [6.45, 7) is 10.00. The van der Waals surface area contributed by atoms with E-state index in [0.29, 0.717) is 11.1 Å². The molecular weight excluding hydrogens is 520 g/mol. The Morgan fingerprint density at radius 3 is 2.20 bits per heavy atom. The van der Waals surface area contributed by atoms with Gasteiger partial charge in [-0.05, 0) is 60.8 Å². The lowest BCUT2D eigenvalue weighted by Gasteiger charge is -2.61. The van der Waals surface area contributed by atoms with Crippen molar-refractivity contribution in [2.24, 2.45) is 34.5 Å². The molecule has 0 spiro atoms. The highest BCUT2D eigenvalue weighted by Gasteiger charge is 2.76. The van der Waals surface area contributed by atoms with E-state index in [1.54, 1.807) is 33.8 Å². The molecule has 3 unspecified atom stereocenters. The molecule has 2 fully saturated rings. The van der Waals surface area contributed by atoms with Crippen molar-refractivity contribution in [1.29, 1.82) is 0 Å². The Bertz CT molecular complexity index is 1550. The Hall–Kier alpha value is -3.71. The summed E-state index contributed by atoms with van der Waals surface area (Å²) in [6, 6.07) is 11.1. The molecule has 3 aliphatic carbocycles. The first-order valence-corrected chi connectivity index (χ1v) is 14.1. The number of fused-ring (bicyclic) bond motifs is 3. The molecule has 0 aromatic heterocycles. The zero-order valence-electron chi connectivity index (χ0n) is 24.3. The molecule has 2 N–H and O–H groups in total. The van der Waals surface area contributed by atoms with E-state index >= 15 is 0 Å². The minimum atomic E-state index is -2.69. The predicted molar refractivity (Wildman–Crippen MR) is 153 cm³/mol. The van der Waals surface area contributed by atoms with Crippen LogP contribution in [-0.4, -0.2) is 44.7 Å². The van der Waals surface area contributed by atoms with Crippen molar-refractivity contribution >= 4 is 41.1 Å². The third kappa shape index (κ3) is 3.92. The number of hydrogen-bond acceptors (Lipinski definition) is 7. The number of aryl methyl sites for hydroxylation is 1. The van der Waals surface area contributed by atoms with Crippen LogP contribution in [0.3, 0.4) is 0 Å². The molecule has 0 radical (unpaired) electrons. The molecule has 7 heteroatoms. The first-order chi connectivity index (χ1) is 19.1. The van der Waals surface area contributed by atoms with Gasteiger partial charge < -0.3 is 10.2 Å². The number of phenolic OH excluding ortho intramolecular Hbond substituents is 1. The number of ketones is 5. The van der Waals surface area contributed by atoms with Gasteiger partial charge in [0.15, 0.2) is 28.7 Å². The fraction of sp³-hybridized carbons (Fsp3) is 0.441. The number of benzene rings is 2. The summed E-state index contributed by atoms with van der Waals surface area (Å²) in [4.78, 5) is 68.3. The van der Waals surface area contributed by atoms with E-state index in [1.807, 2.05) is 43.3 Å². The largest absolute Gasteiger partial charge is 0.507 e. The van der Waals surface area contributed by atoms with Crippen LogP contribution in [0.5, 0.6) is 5.75 Å². The lowest BCUT2D eigenvalue weighted by Crippen LogP contribution is -2.76. The Labute approximate surface area is 239 Å². The molecular formula is C34H36O7. The lowest BCUT2D eigenvalue weighted by atomic mass is 9.40. The zero-order chi connectivity index (χ0) is 30.2. The minimum Gasteiger partial charge on any atom is -0.507 e. The van der Waals surface area contributed by atoms with Crippen LogP contribution in [0.25, 0.3) is 12.2 Å². The standard InChI is InChI=1S/C34H36O7/c1-17(2)26-28(37)24(19(4)35)30(39)34(41)31(40)27-29(38)25-22(15-32(27,5)16-33(26,34)6)21(13-14-23(25)36)12-11-20-9-7-18(3)8-10-20/h7-14,17,24,26-27,36,41H,15-16H2,1-6H3/b12-11+/t24?,26?,27?,32-,33-,34+/m1/s1. The van der Waals surface area contributed by atoms with Gasteiger partial charge in [-0.2, -0.15) is 0 Å². The second kappa shape index (κ2) is 9.41. The van der Waals surface area contributed by atoms with Gasteiger partial charge in [0.05, 0.1) is 11.5 Å². The number of aromatic hydroxyl groups is 1. The van der Waals surface area contributed by atoms with Crippen LogP contribution >= 0.6 is 0 Å². The van der Waals surface area contributed by atoms with Crippen molar-refractivity contribution in [1.82, 2.24) is 0 Å². The molecule has 2 saturated carbocycles. The van der Waals surface area contributed by atoms with Crippen molar-refractivity contribution in [2.75, 3.05) is 0 Å². The third-order valence-electron chi connectivity index (χ3n) is 9.83. The monoisotopic (exact) mass is 556 g/mol. The maximum Gasteiger partial charge on any atom is 0.190 e. The van der Waals surface area contributed by atoms with E-state index < -0.39 is 63.1 Å². The number of phenols is 1. The SMILES string of the molecule is CC(=O)C1C(=O)C(C(C)C)[C@@]2(C)C[C@@]3(C)Cc4c(/C=C/c5ccc(C)cc5)ccc(O)c4C(=O)C3C(=O)[C@@]2(O)C1=O. The number of rotatable bonds is 4. The van der Waals surface area contributed by atoms with E-state index in [0.717, 1.165) is 18.1 Å². The van der Waals surface area contributed by atoms with Crippen LogP contribution in [0.2, 0.25) is 0 Å². The van der Waals surface area contributed by atoms with Crippen molar-refractivity contribution in [3.63, 3.8) is 0 Å². The average molecular weight is 557 g/mol. The van der Waals surface area contributed by atoms with E-state index in [1.165, 1.54) is 6.07 Å². The Morgan fingerprint density at radius 1 is 0.976 bits per heavy atom. The average Bonchev–Trinajstić information content (AvgIpc) is 2.86. The van der Waals surface area contributed by atoms with E-state index in [4.69, 9.17) is 0 Å². The number of carbonyl (C=O) groups excluding carboxylic acids is 5. The van der Waals surface area contributed by atoms with Gasteiger partial charge in [0.2, 0.25) is 0 Å². The summed E-state index contributed by atoms with van der Waals surface area (Å²) in [5.41, 5.74) is -1.92.